The van der Waals surface area contributed by atoms with Crippen LogP contribution in [0.4, 0.5) is 4.39 Å². The Labute approximate surface area is 171 Å². The number of phenols is 2. The molecule has 0 spiro atoms. The number of hydrogen-bond donors (Lipinski definition) is 4. The van der Waals surface area contributed by atoms with Crippen molar-refractivity contribution in [1.82, 2.24) is 5.32 Å². The highest BCUT2D eigenvalue weighted by molar-refractivity contribution is 5.89. The molecule has 1 saturated heterocycles. The summed E-state index contributed by atoms with van der Waals surface area (Å²) in [5.74, 6) is -1.25. The number of benzene rings is 2. The SMILES string of the molecule is O=c1cc(C=Cc2ccccc2F)oc2c(C3CCNCC3CO)c(O)cc(O)c12. The number of phenolic OH excluding ortho intramolecular Hbond substituents is 2. The maximum atomic E-state index is 13.9. The highest BCUT2D eigenvalue weighted by Crippen LogP contribution is 2.42. The Hall–Kier alpha value is -3.16. The van der Waals surface area contributed by atoms with Crippen molar-refractivity contribution in [3.05, 3.63) is 69.3 Å². The van der Waals surface area contributed by atoms with E-state index < -0.39 is 11.2 Å². The lowest BCUT2D eigenvalue weighted by Gasteiger charge is -2.31. The van der Waals surface area contributed by atoms with E-state index in [9.17, 15) is 24.5 Å². The van der Waals surface area contributed by atoms with Crippen LogP contribution < -0.4 is 10.7 Å². The second kappa shape index (κ2) is 8.30. The van der Waals surface area contributed by atoms with Gasteiger partial charge in [0.25, 0.3) is 0 Å². The van der Waals surface area contributed by atoms with E-state index in [1.54, 1.807) is 18.2 Å². The Morgan fingerprint density at radius 1 is 1.17 bits per heavy atom. The summed E-state index contributed by atoms with van der Waals surface area (Å²) in [5, 5.41) is 33.8. The second-order valence-corrected chi connectivity index (χ2v) is 7.44. The number of rotatable bonds is 4. The van der Waals surface area contributed by atoms with Gasteiger partial charge >= 0.3 is 0 Å². The third kappa shape index (κ3) is 3.69. The van der Waals surface area contributed by atoms with Crippen LogP contribution in [0.15, 0.2) is 45.6 Å². The molecule has 156 valence electrons. The van der Waals surface area contributed by atoms with Crippen molar-refractivity contribution in [2.75, 3.05) is 19.7 Å². The summed E-state index contributed by atoms with van der Waals surface area (Å²) in [6.07, 6.45) is 3.58. The maximum Gasteiger partial charge on any atom is 0.197 e. The summed E-state index contributed by atoms with van der Waals surface area (Å²) in [5.41, 5.74) is 0.329. The quantitative estimate of drug-likeness (QED) is 0.526. The van der Waals surface area contributed by atoms with E-state index in [-0.39, 0.29) is 46.7 Å². The molecule has 1 aliphatic heterocycles. The van der Waals surface area contributed by atoms with Gasteiger partial charge in [-0.05, 0) is 37.1 Å². The van der Waals surface area contributed by atoms with Gasteiger partial charge in [0.2, 0.25) is 0 Å². The summed E-state index contributed by atoms with van der Waals surface area (Å²) in [6, 6.07) is 8.55. The number of halogens is 1. The number of aliphatic hydroxyl groups is 1. The van der Waals surface area contributed by atoms with Gasteiger partial charge in [-0.25, -0.2) is 4.39 Å². The number of hydrogen-bond acceptors (Lipinski definition) is 6. The van der Waals surface area contributed by atoms with Crippen LogP contribution in [0, 0.1) is 11.7 Å². The van der Waals surface area contributed by atoms with Crippen molar-refractivity contribution in [2.45, 2.75) is 12.3 Å². The molecule has 0 saturated carbocycles. The van der Waals surface area contributed by atoms with Crippen molar-refractivity contribution < 1.29 is 24.1 Å². The van der Waals surface area contributed by atoms with E-state index in [1.807, 2.05) is 0 Å². The van der Waals surface area contributed by atoms with Gasteiger partial charge in [-0.2, -0.15) is 0 Å². The summed E-state index contributed by atoms with van der Waals surface area (Å²) in [4.78, 5) is 12.7. The summed E-state index contributed by atoms with van der Waals surface area (Å²) in [6.45, 7) is 1.14. The van der Waals surface area contributed by atoms with E-state index in [0.29, 0.717) is 30.6 Å². The Bertz CT molecular complexity index is 1170. The molecule has 4 rings (SSSR count). The molecule has 7 heteroatoms. The Kier molecular flexibility index (Phi) is 5.57. The molecule has 2 atom stereocenters. The molecule has 1 aliphatic rings. The lowest BCUT2D eigenvalue weighted by molar-refractivity contribution is 0.178. The first-order valence-electron chi connectivity index (χ1n) is 9.76. The lowest BCUT2D eigenvalue weighted by Crippen LogP contribution is -2.37. The molecule has 2 unspecified atom stereocenters. The molecule has 3 aromatic rings. The summed E-state index contributed by atoms with van der Waals surface area (Å²) >= 11 is 0. The number of aromatic hydroxyl groups is 2. The maximum absolute atomic E-state index is 13.9. The molecule has 0 radical (unpaired) electrons. The third-order valence-corrected chi connectivity index (χ3v) is 5.56. The molecule has 1 fully saturated rings. The van der Waals surface area contributed by atoms with E-state index >= 15 is 0 Å². The Morgan fingerprint density at radius 3 is 2.73 bits per heavy atom. The van der Waals surface area contributed by atoms with Crippen molar-refractivity contribution in [3.8, 4) is 11.5 Å². The number of fused-ring (bicyclic) bond motifs is 1. The van der Waals surface area contributed by atoms with Crippen LogP contribution >= 0.6 is 0 Å². The van der Waals surface area contributed by atoms with Crippen molar-refractivity contribution in [1.29, 1.82) is 0 Å². The van der Waals surface area contributed by atoms with Gasteiger partial charge in [-0.15, -0.1) is 0 Å². The number of piperidine rings is 1. The van der Waals surface area contributed by atoms with Gasteiger partial charge in [-0.1, -0.05) is 18.2 Å². The first-order chi connectivity index (χ1) is 14.5. The molecule has 4 N–H and O–H groups in total. The smallest absolute Gasteiger partial charge is 0.197 e. The molecule has 0 aliphatic carbocycles. The van der Waals surface area contributed by atoms with Crippen LogP contribution in [0.3, 0.4) is 0 Å². The number of nitrogens with one attached hydrogen (secondary N) is 1. The molecular weight excluding hydrogens is 389 g/mol. The normalized spacial score (nSPS) is 19.5. The van der Waals surface area contributed by atoms with Crippen molar-refractivity contribution in [3.63, 3.8) is 0 Å². The van der Waals surface area contributed by atoms with E-state index in [2.05, 4.69) is 5.32 Å². The van der Waals surface area contributed by atoms with Crippen molar-refractivity contribution in [2.24, 2.45) is 5.92 Å². The summed E-state index contributed by atoms with van der Waals surface area (Å²) in [7, 11) is 0. The highest BCUT2D eigenvalue weighted by atomic mass is 19.1. The fraction of sp³-hybridized carbons (Fsp3) is 0.261. The van der Waals surface area contributed by atoms with Gasteiger partial charge in [0.15, 0.2) is 5.43 Å². The largest absolute Gasteiger partial charge is 0.507 e. The van der Waals surface area contributed by atoms with Gasteiger partial charge in [0, 0.05) is 42.3 Å². The zero-order valence-electron chi connectivity index (χ0n) is 16.1. The minimum Gasteiger partial charge on any atom is -0.507 e. The Morgan fingerprint density at radius 2 is 1.97 bits per heavy atom. The van der Waals surface area contributed by atoms with Gasteiger partial charge in [0.1, 0.15) is 34.0 Å². The molecule has 2 aromatic carbocycles. The van der Waals surface area contributed by atoms with Gasteiger partial charge in [-0.3, -0.25) is 4.79 Å². The van der Waals surface area contributed by atoms with Gasteiger partial charge < -0.3 is 25.1 Å². The molecule has 6 nitrogen and oxygen atoms in total. The van der Waals surface area contributed by atoms with Crippen LogP contribution in [-0.2, 0) is 0 Å². The van der Waals surface area contributed by atoms with Crippen LogP contribution in [-0.4, -0.2) is 35.0 Å². The Balaban J connectivity index is 1.88. The predicted octanol–water partition coefficient (Wildman–Crippen LogP) is 3.20. The first kappa shape index (κ1) is 20.1. The van der Waals surface area contributed by atoms with Crippen LogP contribution in [0.2, 0.25) is 0 Å². The van der Waals surface area contributed by atoms with Crippen LogP contribution in [0.5, 0.6) is 11.5 Å². The average Bonchev–Trinajstić information content (AvgIpc) is 2.73. The minimum absolute atomic E-state index is 0.0268. The van der Waals surface area contributed by atoms with Gasteiger partial charge in [0.05, 0.1) is 0 Å². The first-order valence-corrected chi connectivity index (χ1v) is 9.76. The molecule has 0 amide bonds. The molecular formula is C23H22FNO5. The zero-order valence-corrected chi connectivity index (χ0v) is 16.1. The van der Waals surface area contributed by atoms with E-state index in [4.69, 9.17) is 4.42 Å². The third-order valence-electron chi connectivity index (χ3n) is 5.56. The fourth-order valence-electron chi connectivity index (χ4n) is 4.06. The zero-order chi connectivity index (χ0) is 21.3. The topological polar surface area (TPSA) is 103 Å². The monoisotopic (exact) mass is 411 g/mol. The predicted molar refractivity (Wildman–Crippen MR) is 112 cm³/mol. The molecule has 2 heterocycles. The van der Waals surface area contributed by atoms with E-state index in [0.717, 1.165) is 6.07 Å². The fourth-order valence-corrected chi connectivity index (χ4v) is 4.06. The standard InChI is InChI=1S/C23H22FNO5/c24-17-4-2-1-3-13(17)5-6-15-9-18(27)22-20(29)10-19(28)21(23(22)30-15)16-7-8-25-11-14(16)12-26/h1-6,9-10,14,16,25-26,28-29H,7-8,11-12H2. The van der Waals surface area contributed by atoms with E-state index in [1.165, 1.54) is 24.3 Å². The average molecular weight is 411 g/mol. The summed E-state index contributed by atoms with van der Waals surface area (Å²) < 4.78 is 19.8. The van der Waals surface area contributed by atoms with Crippen molar-refractivity contribution >= 4 is 23.1 Å². The highest BCUT2D eigenvalue weighted by Gasteiger charge is 2.31. The number of aliphatic hydroxyl groups excluding tert-OH is 1. The van der Waals surface area contributed by atoms with Crippen LogP contribution in [0.25, 0.3) is 23.1 Å². The molecule has 1 aromatic heterocycles. The minimum atomic E-state index is -0.474. The second-order valence-electron chi connectivity index (χ2n) is 7.44. The lowest BCUT2D eigenvalue weighted by atomic mass is 9.80. The molecule has 30 heavy (non-hydrogen) atoms. The molecule has 0 bridgehead atoms. The van der Waals surface area contributed by atoms with Crippen LogP contribution in [0.1, 0.15) is 29.2 Å².